The highest BCUT2D eigenvalue weighted by atomic mass is 16.5. The van der Waals surface area contributed by atoms with Gasteiger partial charge in [0, 0.05) is 6.04 Å². The summed E-state index contributed by atoms with van der Waals surface area (Å²) in [7, 11) is 1.75. The van der Waals surface area contributed by atoms with Gasteiger partial charge in [-0.25, -0.2) is 0 Å². The van der Waals surface area contributed by atoms with Crippen molar-refractivity contribution in [3.05, 3.63) is 60.2 Å². The summed E-state index contributed by atoms with van der Waals surface area (Å²) in [5.74, 6) is 0.613. The third-order valence-electron chi connectivity index (χ3n) is 2.97. The van der Waals surface area contributed by atoms with E-state index in [1.165, 1.54) is 0 Å². The van der Waals surface area contributed by atoms with E-state index in [0.717, 1.165) is 11.3 Å². The first-order valence-corrected chi connectivity index (χ1v) is 6.41. The number of carboxylic acids is 1. The van der Waals surface area contributed by atoms with Gasteiger partial charge in [0.2, 0.25) is 0 Å². The van der Waals surface area contributed by atoms with Crippen LogP contribution in [-0.2, 0) is 4.79 Å². The smallest absolute Gasteiger partial charge is 0.305 e. The summed E-state index contributed by atoms with van der Waals surface area (Å²) in [4.78, 5) is 10.8. The number of para-hydroxylation sites is 1. The van der Waals surface area contributed by atoms with Crippen LogP contribution in [0.25, 0.3) is 0 Å². The van der Waals surface area contributed by atoms with E-state index in [1.54, 1.807) is 7.05 Å². The number of rotatable bonds is 6. The Bertz CT molecular complexity index is 569. The van der Waals surface area contributed by atoms with E-state index in [2.05, 4.69) is 5.32 Å². The van der Waals surface area contributed by atoms with Crippen molar-refractivity contribution < 1.29 is 14.6 Å². The van der Waals surface area contributed by atoms with Gasteiger partial charge < -0.3 is 15.2 Å². The van der Waals surface area contributed by atoms with Gasteiger partial charge in [0.1, 0.15) is 11.5 Å². The van der Waals surface area contributed by atoms with Crippen molar-refractivity contribution in [3.8, 4) is 11.5 Å². The summed E-state index contributed by atoms with van der Waals surface area (Å²) in [5, 5.41) is 11.9. The molecule has 0 heterocycles. The van der Waals surface area contributed by atoms with Crippen LogP contribution in [0.1, 0.15) is 18.0 Å². The predicted molar refractivity (Wildman–Crippen MR) is 77.0 cm³/mol. The zero-order chi connectivity index (χ0) is 14.4. The molecule has 0 saturated heterocycles. The zero-order valence-electron chi connectivity index (χ0n) is 11.2. The zero-order valence-corrected chi connectivity index (χ0v) is 11.2. The molecule has 2 N–H and O–H groups in total. The monoisotopic (exact) mass is 271 g/mol. The maximum absolute atomic E-state index is 10.8. The maximum Gasteiger partial charge on any atom is 0.305 e. The molecular weight excluding hydrogens is 254 g/mol. The molecule has 2 aromatic rings. The summed E-state index contributed by atoms with van der Waals surface area (Å²) in [6.45, 7) is 0. The molecule has 2 aromatic carbocycles. The molecule has 0 fully saturated rings. The Morgan fingerprint density at radius 2 is 1.85 bits per heavy atom. The van der Waals surface area contributed by atoms with Crippen LogP contribution >= 0.6 is 0 Å². The molecule has 4 nitrogen and oxygen atoms in total. The van der Waals surface area contributed by atoms with Gasteiger partial charge in [0.15, 0.2) is 0 Å². The second-order valence-corrected chi connectivity index (χ2v) is 4.43. The lowest BCUT2D eigenvalue weighted by Gasteiger charge is -2.15. The number of carboxylic acid groups (broad SMARTS) is 1. The predicted octanol–water partition coefficient (Wildman–Crippen LogP) is 3.21. The van der Waals surface area contributed by atoms with E-state index in [-0.39, 0.29) is 12.5 Å². The molecule has 0 aliphatic rings. The van der Waals surface area contributed by atoms with E-state index in [9.17, 15) is 4.79 Å². The van der Waals surface area contributed by atoms with Crippen molar-refractivity contribution in [2.24, 2.45) is 0 Å². The molecule has 104 valence electrons. The van der Waals surface area contributed by atoms with Crippen molar-refractivity contribution in [2.75, 3.05) is 7.05 Å². The average Bonchev–Trinajstić information content (AvgIpc) is 2.46. The molecule has 0 aliphatic carbocycles. The Labute approximate surface area is 118 Å². The molecule has 2 rings (SSSR count). The van der Waals surface area contributed by atoms with E-state index >= 15 is 0 Å². The fraction of sp³-hybridized carbons (Fsp3) is 0.188. The van der Waals surface area contributed by atoms with Crippen molar-refractivity contribution >= 4 is 5.97 Å². The minimum atomic E-state index is -0.835. The summed E-state index contributed by atoms with van der Waals surface area (Å²) in [6, 6.07) is 16.7. The lowest BCUT2D eigenvalue weighted by molar-refractivity contribution is -0.137. The second kappa shape index (κ2) is 6.73. The SMILES string of the molecule is CNC(CC(=O)O)c1cccc(Oc2ccccc2)c1. The molecule has 0 aromatic heterocycles. The average molecular weight is 271 g/mol. The van der Waals surface area contributed by atoms with Gasteiger partial charge >= 0.3 is 5.97 Å². The van der Waals surface area contributed by atoms with Crippen LogP contribution in [0.5, 0.6) is 11.5 Å². The highest BCUT2D eigenvalue weighted by Gasteiger charge is 2.14. The quantitative estimate of drug-likeness (QED) is 0.847. The normalized spacial score (nSPS) is 11.8. The van der Waals surface area contributed by atoms with Gasteiger partial charge in [-0.1, -0.05) is 30.3 Å². The molecule has 0 amide bonds. The third-order valence-corrected chi connectivity index (χ3v) is 2.97. The van der Waals surface area contributed by atoms with Crippen LogP contribution in [-0.4, -0.2) is 18.1 Å². The number of carbonyl (C=O) groups is 1. The van der Waals surface area contributed by atoms with Gasteiger partial charge in [-0.15, -0.1) is 0 Å². The highest BCUT2D eigenvalue weighted by molar-refractivity contribution is 5.68. The highest BCUT2D eigenvalue weighted by Crippen LogP contribution is 2.25. The van der Waals surface area contributed by atoms with Crippen molar-refractivity contribution in [2.45, 2.75) is 12.5 Å². The minimum Gasteiger partial charge on any atom is -0.481 e. The Kier molecular flexibility index (Phi) is 4.74. The molecule has 1 unspecified atom stereocenters. The van der Waals surface area contributed by atoms with Crippen LogP contribution in [0.4, 0.5) is 0 Å². The lowest BCUT2D eigenvalue weighted by Crippen LogP contribution is -2.19. The first kappa shape index (κ1) is 14.1. The second-order valence-electron chi connectivity index (χ2n) is 4.43. The van der Waals surface area contributed by atoms with Crippen molar-refractivity contribution in [1.29, 1.82) is 0 Å². The van der Waals surface area contributed by atoms with Gasteiger partial charge in [-0.3, -0.25) is 4.79 Å². The third kappa shape index (κ3) is 3.83. The number of hydrogen-bond acceptors (Lipinski definition) is 3. The molecule has 0 spiro atoms. The molecular formula is C16H17NO3. The number of ether oxygens (including phenoxy) is 1. The summed E-state index contributed by atoms with van der Waals surface area (Å²) in [6.07, 6.45) is 0.0330. The van der Waals surface area contributed by atoms with Gasteiger partial charge in [-0.2, -0.15) is 0 Å². The summed E-state index contributed by atoms with van der Waals surface area (Å²) < 4.78 is 5.74. The van der Waals surface area contributed by atoms with Gasteiger partial charge in [-0.05, 0) is 36.9 Å². The molecule has 0 aliphatic heterocycles. The standard InChI is InChI=1S/C16H17NO3/c1-17-15(11-16(18)19)12-6-5-9-14(10-12)20-13-7-3-2-4-8-13/h2-10,15,17H,11H2,1H3,(H,18,19). The first-order valence-electron chi connectivity index (χ1n) is 6.41. The molecule has 0 radical (unpaired) electrons. The van der Waals surface area contributed by atoms with E-state index in [0.29, 0.717) is 5.75 Å². The van der Waals surface area contributed by atoms with Crippen LogP contribution in [0, 0.1) is 0 Å². The fourth-order valence-corrected chi connectivity index (χ4v) is 1.98. The van der Waals surface area contributed by atoms with Crippen LogP contribution in [0.2, 0.25) is 0 Å². The molecule has 4 heteroatoms. The number of hydrogen-bond donors (Lipinski definition) is 2. The fourth-order valence-electron chi connectivity index (χ4n) is 1.98. The Morgan fingerprint density at radius 3 is 2.50 bits per heavy atom. The number of nitrogens with one attached hydrogen (secondary N) is 1. The van der Waals surface area contributed by atoms with E-state index < -0.39 is 5.97 Å². The van der Waals surface area contributed by atoms with Crippen LogP contribution in [0.3, 0.4) is 0 Å². The molecule has 0 bridgehead atoms. The molecule has 0 saturated carbocycles. The van der Waals surface area contributed by atoms with Crippen molar-refractivity contribution in [3.63, 3.8) is 0 Å². The summed E-state index contributed by atoms with van der Waals surface area (Å²) >= 11 is 0. The van der Waals surface area contributed by atoms with Gasteiger partial charge in [0.25, 0.3) is 0 Å². The van der Waals surface area contributed by atoms with Gasteiger partial charge in [0.05, 0.1) is 6.42 Å². The topological polar surface area (TPSA) is 58.6 Å². The minimum absolute atomic E-state index is 0.0330. The van der Waals surface area contributed by atoms with Crippen LogP contribution in [0.15, 0.2) is 54.6 Å². The Morgan fingerprint density at radius 1 is 1.15 bits per heavy atom. The number of benzene rings is 2. The lowest BCUT2D eigenvalue weighted by atomic mass is 10.0. The van der Waals surface area contributed by atoms with Crippen LogP contribution < -0.4 is 10.1 Å². The largest absolute Gasteiger partial charge is 0.481 e. The first-order chi connectivity index (χ1) is 9.69. The van der Waals surface area contributed by atoms with E-state index in [1.807, 2.05) is 54.6 Å². The van der Waals surface area contributed by atoms with Crippen molar-refractivity contribution in [1.82, 2.24) is 5.32 Å². The Hall–Kier alpha value is -2.33. The number of aliphatic carboxylic acids is 1. The molecule has 20 heavy (non-hydrogen) atoms. The summed E-state index contributed by atoms with van der Waals surface area (Å²) in [5.41, 5.74) is 0.892. The maximum atomic E-state index is 10.8. The van der Waals surface area contributed by atoms with E-state index in [4.69, 9.17) is 9.84 Å². The Balaban J connectivity index is 2.16. The molecule has 1 atom stereocenters.